The highest BCUT2D eigenvalue weighted by Gasteiger charge is 2.28. The highest BCUT2D eigenvalue weighted by Crippen LogP contribution is 2.36. The third-order valence-electron chi connectivity index (χ3n) is 2.60. The molecule has 1 rings (SSSR count). The van der Waals surface area contributed by atoms with Crippen molar-refractivity contribution >= 4 is 38.6 Å². The van der Waals surface area contributed by atoms with Crippen LogP contribution in [-0.4, -0.2) is 30.6 Å². The van der Waals surface area contributed by atoms with Gasteiger partial charge in [0.2, 0.25) is 10.0 Å². The Morgan fingerprint density at radius 3 is 2.57 bits per heavy atom. The average molecular weight is 357 g/mol. The molecule has 0 bridgehead atoms. The van der Waals surface area contributed by atoms with Gasteiger partial charge in [-0.25, -0.2) is 13.1 Å². The van der Waals surface area contributed by atoms with Crippen molar-refractivity contribution in [2.45, 2.75) is 37.0 Å². The van der Waals surface area contributed by atoms with Crippen molar-refractivity contribution < 1.29 is 18.4 Å². The van der Waals surface area contributed by atoms with Gasteiger partial charge in [-0.05, 0) is 19.3 Å². The Balaban J connectivity index is 2.88. The number of nitrogens with one attached hydrogen (secondary N) is 1. The molecule has 0 radical (unpaired) electrons. The molecule has 0 amide bonds. The molecule has 0 aliphatic carbocycles. The third kappa shape index (κ3) is 5.19. The summed E-state index contributed by atoms with van der Waals surface area (Å²) in [4.78, 5) is 9.93. The smallest absolute Gasteiger partial charge is 0.300 e. The Labute approximate surface area is 132 Å². The van der Waals surface area contributed by atoms with Gasteiger partial charge in [-0.1, -0.05) is 25.4 Å². The van der Waals surface area contributed by atoms with E-state index in [9.17, 15) is 23.6 Å². The van der Waals surface area contributed by atoms with E-state index in [1.54, 1.807) is 0 Å². The molecule has 1 aromatic rings. The van der Waals surface area contributed by atoms with Gasteiger partial charge in [-0.2, -0.15) is 0 Å². The first-order chi connectivity index (χ1) is 9.44. The van der Waals surface area contributed by atoms with E-state index in [-0.39, 0.29) is 21.0 Å². The topological polar surface area (TPSA) is 110 Å². The van der Waals surface area contributed by atoms with Gasteiger partial charge in [-0.15, -0.1) is 11.3 Å². The van der Waals surface area contributed by atoms with Crippen molar-refractivity contribution in [2.75, 3.05) is 6.54 Å². The number of hydrogen-bond acceptors (Lipinski definition) is 6. The Hall–Kier alpha value is -0.740. The molecule has 0 aliphatic heterocycles. The second kappa shape index (κ2) is 6.57. The predicted molar refractivity (Wildman–Crippen MR) is 81.3 cm³/mol. The lowest BCUT2D eigenvalue weighted by molar-refractivity contribution is -0.384. The maximum absolute atomic E-state index is 12.1. The fourth-order valence-corrected chi connectivity index (χ4v) is 4.74. The van der Waals surface area contributed by atoms with Gasteiger partial charge < -0.3 is 5.11 Å². The second-order valence-corrected chi connectivity index (χ2v) is 9.05. The van der Waals surface area contributed by atoms with Crippen molar-refractivity contribution in [1.29, 1.82) is 0 Å². The molecule has 0 spiro atoms. The fraction of sp³-hybridized carbons (Fsp3) is 0.636. The molecular weight excluding hydrogens is 340 g/mol. The molecule has 1 aromatic heterocycles. The molecule has 1 unspecified atom stereocenters. The van der Waals surface area contributed by atoms with Crippen molar-refractivity contribution in [3.63, 3.8) is 0 Å². The minimum absolute atomic E-state index is 0.184. The summed E-state index contributed by atoms with van der Waals surface area (Å²) in [5.74, 6) is 0.196. The van der Waals surface area contributed by atoms with Gasteiger partial charge in [0.15, 0.2) is 4.34 Å². The summed E-state index contributed by atoms with van der Waals surface area (Å²) in [6, 6.07) is 0.909. The lowest BCUT2D eigenvalue weighted by atomic mass is 9.95. The van der Waals surface area contributed by atoms with E-state index in [0.717, 1.165) is 6.07 Å². The van der Waals surface area contributed by atoms with Crippen LogP contribution in [0.3, 0.4) is 0 Å². The number of sulfonamides is 1. The van der Waals surface area contributed by atoms with Crippen LogP contribution < -0.4 is 4.72 Å². The zero-order chi connectivity index (χ0) is 16.4. The van der Waals surface area contributed by atoms with Gasteiger partial charge >= 0.3 is 0 Å². The van der Waals surface area contributed by atoms with Gasteiger partial charge in [0.1, 0.15) is 4.21 Å². The van der Waals surface area contributed by atoms with Crippen LogP contribution in [0.1, 0.15) is 27.2 Å². The standard InChI is InChI=1S/C11H17ClN2O5S2/c1-7(2)5-11(3,15)6-13-21(18,19)9-4-8(14(16)17)10(12)20-9/h4,7,13,15H,5-6H2,1-3H3. The number of nitro groups is 1. The summed E-state index contributed by atoms with van der Waals surface area (Å²) in [6.45, 7) is 5.16. The third-order valence-corrected chi connectivity index (χ3v) is 5.81. The molecule has 0 fully saturated rings. The van der Waals surface area contributed by atoms with Crippen LogP contribution in [0.2, 0.25) is 4.34 Å². The number of rotatable bonds is 7. The summed E-state index contributed by atoms with van der Waals surface area (Å²) >= 11 is 6.25. The van der Waals surface area contributed by atoms with Crippen LogP contribution in [0.15, 0.2) is 10.3 Å². The molecule has 0 saturated carbocycles. The molecule has 0 saturated heterocycles. The molecule has 0 aromatic carbocycles. The van der Waals surface area contributed by atoms with E-state index in [2.05, 4.69) is 4.72 Å². The van der Waals surface area contributed by atoms with Gasteiger partial charge in [0.05, 0.1) is 10.5 Å². The average Bonchev–Trinajstić information content (AvgIpc) is 2.68. The summed E-state index contributed by atoms with van der Waals surface area (Å²) in [7, 11) is -3.94. The predicted octanol–water partition coefficient (Wildman–Crippen LogP) is 2.39. The molecule has 0 aliphatic rings. The summed E-state index contributed by atoms with van der Waals surface area (Å²) in [5, 5.41) is 20.8. The molecule has 7 nitrogen and oxygen atoms in total. The zero-order valence-electron chi connectivity index (χ0n) is 11.8. The number of thiophene rings is 1. The van der Waals surface area contributed by atoms with Crippen LogP contribution >= 0.6 is 22.9 Å². The number of halogens is 1. The van der Waals surface area contributed by atoms with Crippen molar-refractivity contribution in [2.24, 2.45) is 5.92 Å². The Kier molecular flexibility index (Phi) is 5.73. The Morgan fingerprint density at radius 1 is 1.57 bits per heavy atom. The maximum Gasteiger partial charge on any atom is 0.300 e. The Bertz CT molecular complexity index is 625. The fourth-order valence-electron chi connectivity index (χ4n) is 1.87. The van der Waals surface area contributed by atoms with Crippen LogP contribution in [0.4, 0.5) is 5.69 Å². The molecule has 10 heteroatoms. The summed E-state index contributed by atoms with van der Waals surface area (Å²) < 4.78 is 25.9. The first-order valence-electron chi connectivity index (χ1n) is 6.10. The number of hydrogen-bond donors (Lipinski definition) is 2. The highest BCUT2D eigenvalue weighted by atomic mass is 35.5. The lowest BCUT2D eigenvalue weighted by Gasteiger charge is -2.25. The molecular formula is C11H17ClN2O5S2. The van der Waals surface area contributed by atoms with Crippen molar-refractivity contribution in [1.82, 2.24) is 4.72 Å². The quantitative estimate of drug-likeness (QED) is 0.575. The summed E-state index contributed by atoms with van der Waals surface area (Å²) in [6.07, 6.45) is 0.418. The van der Waals surface area contributed by atoms with Crippen LogP contribution in [0, 0.1) is 16.0 Å². The van der Waals surface area contributed by atoms with E-state index >= 15 is 0 Å². The van der Waals surface area contributed by atoms with Gasteiger partial charge in [0.25, 0.3) is 5.69 Å². The van der Waals surface area contributed by atoms with Crippen molar-refractivity contribution in [3.8, 4) is 0 Å². The van der Waals surface area contributed by atoms with E-state index in [0.29, 0.717) is 17.8 Å². The van der Waals surface area contributed by atoms with Crippen LogP contribution in [0.25, 0.3) is 0 Å². The minimum atomic E-state index is -3.94. The number of aliphatic hydroxyl groups is 1. The highest BCUT2D eigenvalue weighted by molar-refractivity contribution is 7.91. The monoisotopic (exact) mass is 356 g/mol. The second-order valence-electron chi connectivity index (χ2n) is 5.40. The zero-order valence-corrected chi connectivity index (χ0v) is 14.2. The molecule has 120 valence electrons. The normalized spacial score (nSPS) is 15.1. The van der Waals surface area contributed by atoms with E-state index in [1.165, 1.54) is 6.92 Å². The first-order valence-corrected chi connectivity index (χ1v) is 8.78. The Morgan fingerprint density at radius 2 is 2.14 bits per heavy atom. The maximum atomic E-state index is 12.1. The molecule has 21 heavy (non-hydrogen) atoms. The van der Waals surface area contributed by atoms with Crippen molar-refractivity contribution in [3.05, 3.63) is 20.5 Å². The molecule has 1 heterocycles. The van der Waals surface area contributed by atoms with Gasteiger partial charge in [0, 0.05) is 12.6 Å². The van der Waals surface area contributed by atoms with Crippen LogP contribution in [0.5, 0.6) is 0 Å². The number of nitrogens with zero attached hydrogens (tertiary/aromatic N) is 1. The minimum Gasteiger partial charge on any atom is -0.389 e. The van der Waals surface area contributed by atoms with E-state index in [1.807, 2.05) is 13.8 Å². The molecule has 1 atom stereocenters. The van der Waals surface area contributed by atoms with Crippen LogP contribution in [-0.2, 0) is 10.0 Å². The largest absolute Gasteiger partial charge is 0.389 e. The SMILES string of the molecule is CC(C)CC(C)(O)CNS(=O)(=O)c1cc([N+](=O)[O-])c(Cl)s1. The summed E-state index contributed by atoms with van der Waals surface area (Å²) in [5.41, 5.74) is -1.65. The van der Waals surface area contributed by atoms with E-state index < -0.39 is 26.2 Å². The first kappa shape index (κ1) is 18.3. The molecule has 2 N–H and O–H groups in total. The van der Waals surface area contributed by atoms with E-state index in [4.69, 9.17) is 11.6 Å². The lowest BCUT2D eigenvalue weighted by Crippen LogP contribution is -2.41. The van der Waals surface area contributed by atoms with Gasteiger partial charge in [-0.3, -0.25) is 10.1 Å².